The molecule has 7 heteroatoms. The quantitative estimate of drug-likeness (QED) is 0.475. The van der Waals surface area contributed by atoms with Crippen molar-refractivity contribution in [1.29, 1.82) is 0 Å². The second-order valence-electron chi connectivity index (χ2n) is 4.84. The van der Waals surface area contributed by atoms with Gasteiger partial charge in [0.05, 0.1) is 23.2 Å². The van der Waals surface area contributed by atoms with Gasteiger partial charge in [0.2, 0.25) is 0 Å². The maximum absolute atomic E-state index is 10.9. The molecule has 1 aliphatic rings. The molecular formula is C13H18ClN3O3. The molecule has 1 atom stereocenters. The van der Waals surface area contributed by atoms with Crippen molar-refractivity contribution in [2.75, 3.05) is 24.6 Å². The molecule has 1 saturated heterocycles. The Labute approximate surface area is 122 Å². The van der Waals surface area contributed by atoms with E-state index in [9.17, 15) is 10.1 Å². The summed E-state index contributed by atoms with van der Waals surface area (Å²) in [6.45, 7) is 4.32. The number of aromatic nitrogens is 1. The van der Waals surface area contributed by atoms with Crippen LogP contribution in [0.25, 0.3) is 0 Å². The summed E-state index contributed by atoms with van der Waals surface area (Å²) >= 11 is 5.86. The molecule has 1 fully saturated rings. The highest BCUT2D eigenvalue weighted by Gasteiger charge is 2.23. The van der Waals surface area contributed by atoms with Crippen molar-refractivity contribution < 1.29 is 9.66 Å². The SMILES string of the molecule is CCCOC1CCCN(c2cc([N+](=O)[O-])cc(Cl)n2)C1. The number of ether oxygens (including phenoxy) is 1. The van der Waals surface area contributed by atoms with E-state index in [2.05, 4.69) is 11.9 Å². The van der Waals surface area contributed by atoms with Gasteiger partial charge in [0.1, 0.15) is 11.0 Å². The number of nitrogens with zero attached hydrogens (tertiary/aromatic N) is 3. The minimum absolute atomic E-state index is 0.0309. The Bertz CT molecular complexity index is 484. The zero-order chi connectivity index (χ0) is 14.5. The first-order valence-corrected chi connectivity index (χ1v) is 7.16. The number of pyridine rings is 1. The fourth-order valence-corrected chi connectivity index (χ4v) is 2.50. The van der Waals surface area contributed by atoms with Crippen LogP contribution in [0.4, 0.5) is 11.5 Å². The first-order chi connectivity index (χ1) is 9.60. The minimum atomic E-state index is -0.452. The van der Waals surface area contributed by atoms with Gasteiger partial charge >= 0.3 is 0 Å². The van der Waals surface area contributed by atoms with E-state index in [-0.39, 0.29) is 16.9 Å². The summed E-state index contributed by atoms with van der Waals surface area (Å²) in [4.78, 5) is 16.6. The summed E-state index contributed by atoms with van der Waals surface area (Å²) in [5.74, 6) is 0.550. The van der Waals surface area contributed by atoms with Crippen molar-refractivity contribution in [2.45, 2.75) is 32.3 Å². The predicted octanol–water partition coefficient (Wildman–Crippen LogP) is 3.04. The normalized spacial score (nSPS) is 19.1. The Morgan fingerprint density at radius 1 is 1.60 bits per heavy atom. The van der Waals surface area contributed by atoms with Crippen molar-refractivity contribution in [3.8, 4) is 0 Å². The number of piperidine rings is 1. The molecule has 1 aliphatic heterocycles. The van der Waals surface area contributed by atoms with Crippen LogP contribution in [-0.2, 0) is 4.74 Å². The summed E-state index contributed by atoms with van der Waals surface area (Å²) in [7, 11) is 0. The van der Waals surface area contributed by atoms with Crippen LogP contribution in [-0.4, -0.2) is 35.7 Å². The third-order valence-corrected chi connectivity index (χ3v) is 3.43. The molecule has 0 amide bonds. The lowest BCUT2D eigenvalue weighted by molar-refractivity contribution is -0.384. The zero-order valence-corrected chi connectivity index (χ0v) is 12.2. The molecule has 0 spiro atoms. The highest BCUT2D eigenvalue weighted by Crippen LogP contribution is 2.26. The van der Waals surface area contributed by atoms with Gasteiger partial charge in [-0.15, -0.1) is 0 Å². The Kier molecular flexibility index (Phi) is 5.14. The molecule has 0 aliphatic carbocycles. The summed E-state index contributed by atoms with van der Waals surface area (Å²) in [5.41, 5.74) is -0.0309. The summed E-state index contributed by atoms with van der Waals surface area (Å²) < 4.78 is 5.76. The van der Waals surface area contributed by atoms with Gasteiger partial charge in [-0.3, -0.25) is 10.1 Å². The lowest BCUT2D eigenvalue weighted by Gasteiger charge is -2.33. The van der Waals surface area contributed by atoms with E-state index in [1.54, 1.807) is 0 Å². The third-order valence-electron chi connectivity index (χ3n) is 3.24. The van der Waals surface area contributed by atoms with Crippen LogP contribution >= 0.6 is 11.6 Å². The number of hydrogen-bond donors (Lipinski definition) is 0. The minimum Gasteiger partial charge on any atom is -0.376 e. The summed E-state index contributed by atoms with van der Waals surface area (Å²) in [6.07, 6.45) is 3.14. The van der Waals surface area contributed by atoms with Crippen molar-refractivity contribution in [1.82, 2.24) is 4.98 Å². The maximum Gasteiger partial charge on any atom is 0.276 e. The highest BCUT2D eigenvalue weighted by molar-refractivity contribution is 6.29. The van der Waals surface area contributed by atoms with Crippen molar-refractivity contribution in [3.05, 3.63) is 27.4 Å². The largest absolute Gasteiger partial charge is 0.376 e. The molecule has 20 heavy (non-hydrogen) atoms. The van der Waals surface area contributed by atoms with Gasteiger partial charge in [-0.2, -0.15) is 0 Å². The van der Waals surface area contributed by atoms with Gasteiger partial charge in [-0.05, 0) is 19.3 Å². The van der Waals surface area contributed by atoms with Crippen LogP contribution in [0.1, 0.15) is 26.2 Å². The topological polar surface area (TPSA) is 68.5 Å². The number of anilines is 1. The highest BCUT2D eigenvalue weighted by atomic mass is 35.5. The van der Waals surface area contributed by atoms with E-state index in [1.165, 1.54) is 12.1 Å². The Morgan fingerprint density at radius 2 is 2.40 bits per heavy atom. The van der Waals surface area contributed by atoms with Crippen LogP contribution < -0.4 is 4.90 Å². The van der Waals surface area contributed by atoms with Gasteiger partial charge < -0.3 is 9.64 Å². The molecular weight excluding hydrogens is 282 g/mol. The van der Waals surface area contributed by atoms with Gasteiger partial charge in [-0.25, -0.2) is 4.98 Å². The van der Waals surface area contributed by atoms with E-state index in [0.717, 1.165) is 32.4 Å². The Hall–Kier alpha value is -1.40. The van der Waals surface area contributed by atoms with E-state index in [4.69, 9.17) is 16.3 Å². The molecule has 1 unspecified atom stereocenters. The predicted molar refractivity (Wildman–Crippen MR) is 77.4 cm³/mol. The average Bonchev–Trinajstić information content (AvgIpc) is 2.44. The van der Waals surface area contributed by atoms with Crippen molar-refractivity contribution >= 4 is 23.1 Å². The molecule has 2 heterocycles. The van der Waals surface area contributed by atoms with E-state index >= 15 is 0 Å². The van der Waals surface area contributed by atoms with Gasteiger partial charge in [0, 0.05) is 19.7 Å². The van der Waals surface area contributed by atoms with Crippen LogP contribution in [0.3, 0.4) is 0 Å². The molecule has 6 nitrogen and oxygen atoms in total. The fourth-order valence-electron chi connectivity index (χ4n) is 2.30. The fraction of sp³-hybridized carbons (Fsp3) is 0.615. The van der Waals surface area contributed by atoms with Gasteiger partial charge in [0.15, 0.2) is 0 Å². The van der Waals surface area contributed by atoms with Crippen LogP contribution in [0.15, 0.2) is 12.1 Å². The first kappa shape index (κ1) is 15.0. The smallest absolute Gasteiger partial charge is 0.276 e. The molecule has 110 valence electrons. The molecule has 1 aromatic heterocycles. The van der Waals surface area contributed by atoms with Gasteiger partial charge in [0.25, 0.3) is 5.69 Å². The number of halogens is 1. The number of hydrogen-bond acceptors (Lipinski definition) is 5. The maximum atomic E-state index is 10.9. The van der Waals surface area contributed by atoms with E-state index in [0.29, 0.717) is 12.4 Å². The third kappa shape index (κ3) is 3.80. The lowest BCUT2D eigenvalue weighted by atomic mass is 10.1. The van der Waals surface area contributed by atoms with Gasteiger partial charge in [-0.1, -0.05) is 18.5 Å². The molecule has 0 aromatic carbocycles. The average molecular weight is 300 g/mol. The standard InChI is InChI=1S/C13H18ClN3O3/c1-2-6-20-11-4-3-5-16(9-11)13-8-10(17(18)19)7-12(14)15-13/h7-8,11H,2-6,9H2,1H3. The monoisotopic (exact) mass is 299 g/mol. The van der Waals surface area contributed by atoms with Crippen LogP contribution in [0, 0.1) is 10.1 Å². The summed E-state index contributed by atoms with van der Waals surface area (Å²) in [5, 5.41) is 11.0. The molecule has 0 N–H and O–H groups in total. The number of nitro groups is 1. The van der Waals surface area contributed by atoms with Crippen molar-refractivity contribution in [2.24, 2.45) is 0 Å². The molecule has 0 bridgehead atoms. The lowest BCUT2D eigenvalue weighted by Crippen LogP contribution is -2.40. The molecule has 0 saturated carbocycles. The van der Waals surface area contributed by atoms with E-state index < -0.39 is 4.92 Å². The Balaban J connectivity index is 2.12. The van der Waals surface area contributed by atoms with E-state index in [1.807, 2.05) is 4.90 Å². The number of rotatable bonds is 5. The molecule has 2 rings (SSSR count). The summed E-state index contributed by atoms with van der Waals surface area (Å²) in [6, 6.07) is 2.73. The first-order valence-electron chi connectivity index (χ1n) is 6.78. The molecule has 1 aromatic rings. The molecule has 0 radical (unpaired) electrons. The Morgan fingerprint density at radius 3 is 3.10 bits per heavy atom. The second-order valence-corrected chi connectivity index (χ2v) is 5.23. The van der Waals surface area contributed by atoms with Crippen molar-refractivity contribution in [3.63, 3.8) is 0 Å². The van der Waals surface area contributed by atoms with Crippen LogP contribution in [0.5, 0.6) is 0 Å². The zero-order valence-electron chi connectivity index (χ0n) is 11.4. The van der Waals surface area contributed by atoms with Crippen LogP contribution in [0.2, 0.25) is 5.15 Å². The second kappa shape index (κ2) is 6.85.